The Kier molecular flexibility index (Phi) is 5.00. The molecular formula is C15H16ClNS. The topological polar surface area (TPSA) is 3.24 Å². The van der Waals surface area contributed by atoms with E-state index in [9.17, 15) is 0 Å². The molecule has 0 bridgehead atoms. The molecule has 0 saturated heterocycles. The number of rotatable bonds is 6. The Bertz CT molecular complexity index is 493. The van der Waals surface area contributed by atoms with Crippen LogP contribution in [0.2, 0.25) is 5.02 Å². The molecule has 0 atom stereocenters. The second-order valence-corrected chi connectivity index (χ2v) is 5.57. The summed E-state index contributed by atoms with van der Waals surface area (Å²) in [5.74, 6) is 0. The number of hydrogen-bond acceptors (Lipinski definition) is 2. The lowest BCUT2D eigenvalue weighted by Gasteiger charge is -2.20. The van der Waals surface area contributed by atoms with Gasteiger partial charge in [-0.2, -0.15) is 0 Å². The highest BCUT2D eigenvalue weighted by molar-refractivity contribution is 7.09. The summed E-state index contributed by atoms with van der Waals surface area (Å²) in [7, 11) is 0. The van der Waals surface area contributed by atoms with Gasteiger partial charge in [0.15, 0.2) is 0 Å². The maximum absolute atomic E-state index is 6.20. The summed E-state index contributed by atoms with van der Waals surface area (Å²) in [5.41, 5.74) is 1.16. The quantitative estimate of drug-likeness (QED) is 0.698. The molecule has 1 nitrogen and oxygen atoms in total. The number of halogens is 1. The zero-order valence-corrected chi connectivity index (χ0v) is 11.8. The van der Waals surface area contributed by atoms with Gasteiger partial charge < -0.3 is 0 Å². The Hall–Kier alpha value is -1.09. The third-order valence-corrected chi connectivity index (χ3v) is 3.93. The molecule has 94 valence electrons. The zero-order valence-electron chi connectivity index (χ0n) is 10.2. The van der Waals surface area contributed by atoms with Gasteiger partial charge in [0.25, 0.3) is 0 Å². The van der Waals surface area contributed by atoms with Crippen LogP contribution in [0, 0.1) is 0 Å². The molecule has 2 rings (SSSR count). The van der Waals surface area contributed by atoms with Crippen molar-refractivity contribution in [1.82, 2.24) is 4.90 Å². The van der Waals surface area contributed by atoms with Gasteiger partial charge in [0.1, 0.15) is 0 Å². The third-order valence-electron chi connectivity index (χ3n) is 2.70. The first-order chi connectivity index (χ1) is 8.79. The number of hydrogen-bond donors (Lipinski definition) is 0. The summed E-state index contributed by atoms with van der Waals surface area (Å²) < 4.78 is 0. The van der Waals surface area contributed by atoms with Gasteiger partial charge in [-0.05, 0) is 23.1 Å². The highest BCUT2D eigenvalue weighted by Gasteiger charge is 2.08. The van der Waals surface area contributed by atoms with Crippen molar-refractivity contribution >= 4 is 22.9 Å². The minimum atomic E-state index is 0.831. The smallest absolute Gasteiger partial charge is 0.0451 e. The van der Waals surface area contributed by atoms with Crippen LogP contribution in [-0.4, -0.2) is 11.4 Å². The molecule has 0 fully saturated rings. The van der Waals surface area contributed by atoms with Crippen molar-refractivity contribution in [3.05, 3.63) is 69.9 Å². The molecule has 1 heterocycles. The molecule has 1 aromatic heterocycles. The van der Waals surface area contributed by atoms with Crippen LogP contribution in [0.1, 0.15) is 10.4 Å². The normalized spacial score (nSPS) is 10.8. The number of thiophene rings is 1. The summed E-state index contributed by atoms with van der Waals surface area (Å²) in [6.07, 6.45) is 1.93. The lowest BCUT2D eigenvalue weighted by atomic mass is 10.2. The van der Waals surface area contributed by atoms with E-state index >= 15 is 0 Å². The summed E-state index contributed by atoms with van der Waals surface area (Å²) in [4.78, 5) is 3.70. The fourth-order valence-corrected chi connectivity index (χ4v) is 2.80. The Labute approximate surface area is 117 Å². The van der Waals surface area contributed by atoms with Crippen LogP contribution in [0.4, 0.5) is 0 Å². The molecule has 0 amide bonds. The Morgan fingerprint density at radius 3 is 2.67 bits per heavy atom. The SMILES string of the molecule is C=CCN(Cc1cccs1)Cc1ccccc1Cl. The summed E-state index contributed by atoms with van der Waals surface area (Å²) >= 11 is 7.98. The first-order valence-corrected chi connectivity index (χ1v) is 7.14. The van der Waals surface area contributed by atoms with Gasteiger partial charge in [-0.25, -0.2) is 0 Å². The van der Waals surface area contributed by atoms with E-state index in [2.05, 4.69) is 35.1 Å². The molecule has 0 N–H and O–H groups in total. The van der Waals surface area contributed by atoms with Gasteiger partial charge in [0.05, 0.1) is 0 Å². The molecular weight excluding hydrogens is 262 g/mol. The molecule has 0 aliphatic carbocycles. The fraction of sp³-hybridized carbons (Fsp3) is 0.200. The molecule has 3 heteroatoms. The van der Waals surface area contributed by atoms with Crippen molar-refractivity contribution in [2.75, 3.05) is 6.54 Å². The van der Waals surface area contributed by atoms with Crippen LogP contribution in [0.15, 0.2) is 54.4 Å². The maximum Gasteiger partial charge on any atom is 0.0451 e. The summed E-state index contributed by atoms with van der Waals surface area (Å²) in [6, 6.07) is 12.2. The molecule has 1 aromatic carbocycles. The minimum Gasteiger partial charge on any atom is -0.290 e. The molecule has 0 radical (unpaired) electrons. The van der Waals surface area contributed by atoms with Crippen LogP contribution in [0.5, 0.6) is 0 Å². The van der Waals surface area contributed by atoms with Crippen molar-refractivity contribution in [1.29, 1.82) is 0 Å². The van der Waals surface area contributed by atoms with E-state index in [0.717, 1.165) is 30.2 Å². The van der Waals surface area contributed by atoms with E-state index in [1.807, 2.05) is 24.3 Å². The van der Waals surface area contributed by atoms with Gasteiger partial charge in [-0.15, -0.1) is 17.9 Å². The van der Waals surface area contributed by atoms with E-state index in [1.54, 1.807) is 11.3 Å². The van der Waals surface area contributed by atoms with Crippen LogP contribution in [-0.2, 0) is 13.1 Å². The van der Waals surface area contributed by atoms with Gasteiger partial charge in [-0.3, -0.25) is 4.90 Å². The van der Waals surface area contributed by atoms with E-state index in [0.29, 0.717) is 0 Å². The van der Waals surface area contributed by atoms with Crippen molar-refractivity contribution in [2.24, 2.45) is 0 Å². The van der Waals surface area contributed by atoms with Crippen LogP contribution in [0.3, 0.4) is 0 Å². The van der Waals surface area contributed by atoms with Crippen molar-refractivity contribution < 1.29 is 0 Å². The van der Waals surface area contributed by atoms with Gasteiger partial charge in [0, 0.05) is 29.5 Å². The Morgan fingerprint density at radius 2 is 2.00 bits per heavy atom. The van der Waals surface area contributed by atoms with Crippen LogP contribution < -0.4 is 0 Å². The average molecular weight is 278 g/mol. The molecule has 0 unspecified atom stereocenters. The summed E-state index contributed by atoms with van der Waals surface area (Å²) in [5, 5.41) is 2.94. The first-order valence-electron chi connectivity index (χ1n) is 5.88. The monoisotopic (exact) mass is 277 g/mol. The van der Waals surface area contributed by atoms with Crippen LogP contribution >= 0.6 is 22.9 Å². The Morgan fingerprint density at radius 1 is 1.17 bits per heavy atom. The zero-order chi connectivity index (χ0) is 12.8. The predicted octanol–water partition coefficient (Wildman–Crippen LogP) is 4.59. The molecule has 2 aromatic rings. The first kappa shape index (κ1) is 13.3. The second-order valence-electron chi connectivity index (χ2n) is 4.13. The largest absolute Gasteiger partial charge is 0.290 e. The fourth-order valence-electron chi connectivity index (χ4n) is 1.86. The minimum absolute atomic E-state index is 0.831. The molecule has 0 aliphatic rings. The van der Waals surface area contributed by atoms with Crippen molar-refractivity contribution in [3.8, 4) is 0 Å². The molecule has 0 spiro atoms. The maximum atomic E-state index is 6.20. The highest BCUT2D eigenvalue weighted by atomic mass is 35.5. The van der Waals surface area contributed by atoms with E-state index in [4.69, 9.17) is 11.6 Å². The third kappa shape index (κ3) is 3.70. The highest BCUT2D eigenvalue weighted by Crippen LogP contribution is 2.19. The lowest BCUT2D eigenvalue weighted by molar-refractivity contribution is 0.289. The predicted molar refractivity (Wildman–Crippen MR) is 80.1 cm³/mol. The van der Waals surface area contributed by atoms with Gasteiger partial charge in [0.2, 0.25) is 0 Å². The average Bonchev–Trinajstić information content (AvgIpc) is 2.85. The molecule has 0 saturated carbocycles. The lowest BCUT2D eigenvalue weighted by Crippen LogP contribution is -2.22. The van der Waals surface area contributed by atoms with E-state index < -0.39 is 0 Å². The van der Waals surface area contributed by atoms with E-state index in [-0.39, 0.29) is 0 Å². The van der Waals surface area contributed by atoms with Gasteiger partial charge in [-0.1, -0.05) is 41.9 Å². The van der Waals surface area contributed by atoms with E-state index in [1.165, 1.54) is 4.88 Å². The van der Waals surface area contributed by atoms with Crippen molar-refractivity contribution in [3.63, 3.8) is 0 Å². The Balaban J connectivity index is 2.06. The molecule has 18 heavy (non-hydrogen) atoms. The number of nitrogens with zero attached hydrogens (tertiary/aromatic N) is 1. The van der Waals surface area contributed by atoms with Crippen LogP contribution in [0.25, 0.3) is 0 Å². The standard InChI is InChI=1S/C15H16ClNS/c1-2-9-17(12-14-7-5-10-18-14)11-13-6-3-4-8-15(13)16/h2-8,10H,1,9,11-12H2. The molecule has 0 aliphatic heterocycles. The summed E-state index contributed by atoms with van der Waals surface area (Å²) in [6.45, 7) is 6.48. The number of benzene rings is 1. The van der Waals surface area contributed by atoms with Crippen molar-refractivity contribution in [2.45, 2.75) is 13.1 Å². The van der Waals surface area contributed by atoms with Gasteiger partial charge >= 0.3 is 0 Å². The second kappa shape index (κ2) is 6.74.